The Morgan fingerprint density at radius 1 is 1.23 bits per heavy atom. The first-order valence-corrected chi connectivity index (χ1v) is 6.89. The summed E-state index contributed by atoms with van der Waals surface area (Å²) in [4.78, 5) is 21.9. The molecule has 1 aliphatic rings. The van der Waals surface area contributed by atoms with Crippen LogP contribution in [0.3, 0.4) is 0 Å². The molecule has 0 radical (unpaired) electrons. The highest BCUT2D eigenvalue weighted by Crippen LogP contribution is 2.43. The molecule has 1 aromatic carbocycles. The highest BCUT2D eigenvalue weighted by Gasteiger charge is 2.27. The summed E-state index contributed by atoms with van der Waals surface area (Å²) >= 11 is 0. The molecule has 3 aromatic rings. The third-order valence-electron chi connectivity index (χ3n) is 3.80. The van der Waals surface area contributed by atoms with Crippen LogP contribution in [0.4, 0.5) is 8.78 Å². The predicted molar refractivity (Wildman–Crippen MR) is 74.8 cm³/mol. The maximum absolute atomic E-state index is 12.5. The third-order valence-corrected chi connectivity index (χ3v) is 3.80. The molecule has 2 heterocycles. The van der Waals surface area contributed by atoms with Gasteiger partial charge in [-0.15, -0.1) is 0 Å². The maximum atomic E-state index is 12.5. The van der Waals surface area contributed by atoms with E-state index < -0.39 is 12.2 Å². The highest BCUT2D eigenvalue weighted by atomic mass is 19.3. The summed E-state index contributed by atoms with van der Waals surface area (Å²) in [5.74, 6) is -0.0985. The van der Waals surface area contributed by atoms with E-state index in [1.165, 1.54) is 6.20 Å². The summed E-state index contributed by atoms with van der Waals surface area (Å²) in [5.41, 5.74) is 2.66. The minimum Gasteiger partial charge on any atom is -0.407 e. The van der Waals surface area contributed by atoms with E-state index in [0.717, 1.165) is 24.6 Å². The average Bonchev–Trinajstić information content (AvgIpc) is 3.27. The number of benzene rings is 1. The van der Waals surface area contributed by atoms with E-state index in [4.69, 9.17) is 4.42 Å². The van der Waals surface area contributed by atoms with Crippen LogP contribution >= 0.6 is 0 Å². The van der Waals surface area contributed by atoms with E-state index in [1.54, 1.807) is 6.07 Å². The lowest BCUT2D eigenvalue weighted by atomic mass is 10.0. The van der Waals surface area contributed by atoms with Gasteiger partial charge in [-0.2, -0.15) is 0 Å². The van der Waals surface area contributed by atoms with Gasteiger partial charge >= 0.3 is 5.76 Å². The van der Waals surface area contributed by atoms with Crippen molar-refractivity contribution in [3.05, 3.63) is 46.3 Å². The molecule has 0 unspecified atom stereocenters. The van der Waals surface area contributed by atoms with Crippen molar-refractivity contribution in [1.82, 2.24) is 15.0 Å². The summed E-state index contributed by atoms with van der Waals surface area (Å²) in [5, 5.41) is 0. The molecule has 1 aliphatic carbocycles. The van der Waals surface area contributed by atoms with E-state index >= 15 is 0 Å². The molecule has 7 heteroatoms. The standard InChI is InChI=1S/C15H11F2N3O2/c16-14(17)11-6-18-10(5-19-11)9-4-3-8(7-1-2-7)12-13(9)22-15(21)20-12/h3-7,14H,1-2H2,(H,20,21). The molecule has 1 N–H and O–H groups in total. The number of rotatable bonds is 3. The molecule has 0 saturated heterocycles. The van der Waals surface area contributed by atoms with Gasteiger partial charge in [-0.3, -0.25) is 15.0 Å². The number of oxazole rings is 1. The van der Waals surface area contributed by atoms with E-state index in [1.807, 2.05) is 6.07 Å². The van der Waals surface area contributed by atoms with Gasteiger partial charge in [0.15, 0.2) is 5.58 Å². The Bertz CT molecular complexity index is 895. The van der Waals surface area contributed by atoms with Crippen LogP contribution < -0.4 is 5.76 Å². The predicted octanol–water partition coefficient (Wildman–Crippen LogP) is 3.39. The fourth-order valence-electron chi connectivity index (χ4n) is 2.58. The number of halogens is 2. The number of hydrogen-bond acceptors (Lipinski definition) is 4. The Labute approximate surface area is 123 Å². The van der Waals surface area contributed by atoms with Crippen molar-refractivity contribution in [1.29, 1.82) is 0 Å². The monoisotopic (exact) mass is 303 g/mol. The molecule has 0 atom stereocenters. The fraction of sp³-hybridized carbons (Fsp3) is 0.267. The van der Waals surface area contributed by atoms with Crippen LogP contribution in [0.1, 0.15) is 36.4 Å². The van der Waals surface area contributed by atoms with Crippen molar-refractivity contribution in [2.45, 2.75) is 25.2 Å². The van der Waals surface area contributed by atoms with Crippen LogP contribution in [0, 0.1) is 0 Å². The van der Waals surface area contributed by atoms with Gasteiger partial charge in [-0.05, 0) is 30.4 Å². The molecule has 0 spiro atoms. The minimum absolute atomic E-state index is 0.384. The van der Waals surface area contributed by atoms with Crippen LogP contribution in [0.2, 0.25) is 0 Å². The number of fused-ring (bicyclic) bond motifs is 1. The first kappa shape index (κ1) is 13.1. The molecule has 0 amide bonds. The number of aromatic nitrogens is 3. The Morgan fingerprint density at radius 3 is 2.68 bits per heavy atom. The van der Waals surface area contributed by atoms with E-state index in [-0.39, 0.29) is 5.69 Å². The van der Waals surface area contributed by atoms with Gasteiger partial charge in [0.1, 0.15) is 5.69 Å². The second kappa shape index (κ2) is 4.72. The van der Waals surface area contributed by atoms with Crippen molar-refractivity contribution >= 4 is 11.1 Å². The number of alkyl halides is 2. The summed E-state index contributed by atoms with van der Waals surface area (Å²) in [6.07, 6.45) is 1.81. The molecule has 4 rings (SSSR count). The molecule has 2 aromatic heterocycles. The van der Waals surface area contributed by atoms with Crippen LogP contribution in [0.5, 0.6) is 0 Å². The molecule has 1 fully saturated rings. The second-order valence-electron chi connectivity index (χ2n) is 5.32. The lowest BCUT2D eigenvalue weighted by Gasteiger charge is -2.05. The molecular formula is C15H11F2N3O2. The van der Waals surface area contributed by atoms with Gasteiger partial charge in [0.05, 0.1) is 23.6 Å². The SMILES string of the molecule is O=c1[nH]c2c(C3CC3)ccc(-c3cnc(C(F)F)cn3)c2o1. The number of hydrogen-bond donors (Lipinski definition) is 1. The Morgan fingerprint density at radius 2 is 2.05 bits per heavy atom. The smallest absolute Gasteiger partial charge is 0.407 e. The molecule has 0 bridgehead atoms. The fourth-order valence-corrected chi connectivity index (χ4v) is 2.58. The molecular weight excluding hydrogens is 292 g/mol. The summed E-state index contributed by atoms with van der Waals surface area (Å²) in [7, 11) is 0. The maximum Gasteiger partial charge on any atom is 0.417 e. The summed E-state index contributed by atoms with van der Waals surface area (Å²) in [6.45, 7) is 0. The highest BCUT2D eigenvalue weighted by molar-refractivity contribution is 5.91. The minimum atomic E-state index is -2.66. The number of H-pyrrole nitrogens is 1. The van der Waals surface area contributed by atoms with Gasteiger partial charge in [-0.1, -0.05) is 6.07 Å². The number of nitrogens with zero attached hydrogens (tertiary/aromatic N) is 2. The third kappa shape index (κ3) is 2.09. The Kier molecular flexibility index (Phi) is 2.82. The van der Waals surface area contributed by atoms with E-state index in [9.17, 15) is 13.6 Å². The zero-order chi connectivity index (χ0) is 15.3. The molecule has 0 aliphatic heterocycles. The van der Waals surface area contributed by atoms with Crippen molar-refractivity contribution in [3.8, 4) is 11.3 Å². The van der Waals surface area contributed by atoms with Crippen LogP contribution in [-0.4, -0.2) is 15.0 Å². The molecule has 112 valence electrons. The van der Waals surface area contributed by atoms with Crippen molar-refractivity contribution < 1.29 is 13.2 Å². The van der Waals surface area contributed by atoms with Gasteiger partial charge in [0.25, 0.3) is 6.43 Å². The van der Waals surface area contributed by atoms with Gasteiger partial charge in [0.2, 0.25) is 0 Å². The van der Waals surface area contributed by atoms with Crippen molar-refractivity contribution in [2.24, 2.45) is 0 Å². The normalized spacial score (nSPS) is 14.9. The quantitative estimate of drug-likeness (QED) is 0.805. The van der Waals surface area contributed by atoms with E-state index in [2.05, 4.69) is 15.0 Å². The topological polar surface area (TPSA) is 71.8 Å². The first-order chi connectivity index (χ1) is 10.6. The molecule has 22 heavy (non-hydrogen) atoms. The Hall–Kier alpha value is -2.57. The second-order valence-corrected chi connectivity index (χ2v) is 5.32. The lowest BCUT2D eigenvalue weighted by Crippen LogP contribution is -1.94. The van der Waals surface area contributed by atoms with Crippen LogP contribution in [0.15, 0.2) is 33.7 Å². The van der Waals surface area contributed by atoms with Gasteiger partial charge in [0, 0.05) is 5.56 Å². The zero-order valence-corrected chi connectivity index (χ0v) is 11.3. The summed E-state index contributed by atoms with van der Waals surface area (Å²) < 4.78 is 30.3. The Balaban J connectivity index is 1.88. The first-order valence-electron chi connectivity index (χ1n) is 6.89. The molecule has 5 nitrogen and oxygen atoms in total. The van der Waals surface area contributed by atoms with Gasteiger partial charge in [-0.25, -0.2) is 13.6 Å². The van der Waals surface area contributed by atoms with Crippen LogP contribution in [-0.2, 0) is 0 Å². The molecule has 1 saturated carbocycles. The largest absolute Gasteiger partial charge is 0.417 e. The van der Waals surface area contributed by atoms with Crippen LogP contribution in [0.25, 0.3) is 22.4 Å². The zero-order valence-electron chi connectivity index (χ0n) is 11.3. The number of aromatic amines is 1. The van der Waals surface area contributed by atoms with Crippen molar-refractivity contribution in [2.75, 3.05) is 0 Å². The van der Waals surface area contributed by atoms with Crippen molar-refractivity contribution in [3.63, 3.8) is 0 Å². The van der Waals surface area contributed by atoms with Gasteiger partial charge < -0.3 is 4.42 Å². The van der Waals surface area contributed by atoms with E-state index in [0.29, 0.717) is 28.3 Å². The lowest BCUT2D eigenvalue weighted by molar-refractivity contribution is 0.145. The summed E-state index contributed by atoms with van der Waals surface area (Å²) in [6, 6.07) is 3.71. The average molecular weight is 303 g/mol. The number of nitrogens with one attached hydrogen (secondary N) is 1.